The monoisotopic (exact) mass is 455 g/mol. The highest BCUT2D eigenvalue weighted by molar-refractivity contribution is 7.99. The van der Waals surface area contributed by atoms with E-state index in [2.05, 4.69) is 6.08 Å². The number of thioether (sulfide) groups is 1. The lowest BCUT2D eigenvalue weighted by molar-refractivity contribution is -0.127. The summed E-state index contributed by atoms with van der Waals surface area (Å²) in [6.45, 7) is 0.432. The van der Waals surface area contributed by atoms with Crippen molar-refractivity contribution in [1.82, 2.24) is 14.5 Å². The second kappa shape index (κ2) is 8.67. The number of hydrogen-bond donors (Lipinski definition) is 0. The molecule has 0 radical (unpaired) electrons. The Balaban J connectivity index is 1.38. The lowest BCUT2D eigenvalue weighted by atomic mass is 10.0. The Kier molecular flexibility index (Phi) is 5.75. The Bertz CT molecular complexity index is 1210. The van der Waals surface area contributed by atoms with Crippen molar-refractivity contribution in [3.05, 3.63) is 56.7 Å². The zero-order valence-electron chi connectivity index (χ0n) is 17.6. The zero-order valence-corrected chi connectivity index (χ0v) is 19.2. The molecule has 2 aliphatic carbocycles. The number of nitrogens with zero attached hydrogens (tertiary/aromatic N) is 3. The Labute approximate surface area is 189 Å². The fraction of sp³-hybridized carbons (Fsp3) is 0.435. The molecule has 2 aliphatic rings. The minimum atomic E-state index is 0.00165. The van der Waals surface area contributed by atoms with E-state index in [1.54, 1.807) is 29.2 Å². The van der Waals surface area contributed by atoms with Gasteiger partial charge in [0.15, 0.2) is 5.16 Å². The molecule has 0 saturated heterocycles. The van der Waals surface area contributed by atoms with Gasteiger partial charge in [0, 0.05) is 17.6 Å². The molecule has 162 valence electrons. The van der Waals surface area contributed by atoms with Crippen LogP contribution >= 0.6 is 23.1 Å². The van der Waals surface area contributed by atoms with Crippen LogP contribution in [0, 0.1) is 0 Å². The molecule has 3 heterocycles. The van der Waals surface area contributed by atoms with Gasteiger partial charge in [-0.3, -0.25) is 14.2 Å². The van der Waals surface area contributed by atoms with E-state index < -0.39 is 0 Å². The van der Waals surface area contributed by atoms with Crippen molar-refractivity contribution in [2.45, 2.75) is 56.6 Å². The summed E-state index contributed by atoms with van der Waals surface area (Å²) in [6, 6.07) is 3.74. The molecule has 3 aromatic rings. The molecule has 0 aliphatic heterocycles. The zero-order chi connectivity index (χ0) is 21.4. The van der Waals surface area contributed by atoms with Gasteiger partial charge in [0.05, 0.1) is 23.9 Å². The number of aromatic nitrogens is 2. The summed E-state index contributed by atoms with van der Waals surface area (Å²) < 4.78 is 7.10. The highest BCUT2D eigenvalue weighted by atomic mass is 32.2. The van der Waals surface area contributed by atoms with E-state index in [0.29, 0.717) is 11.7 Å². The van der Waals surface area contributed by atoms with Gasteiger partial charge >= 0.3 is 0 Å². The van der Waals surface area contributed by atoms with Crippen molar-refractivity contribution >= 4 is 39.2 Å². The van der Waals surface area contributed by atoms with Gasteiger partial charge in [0.1, 0.15) is 10.6 Å². The topological polar surface area (TPSA) is 68.3 Å². The third-order valence-corrected chi connectivity index (χ3v) is 8.24. The average Bonchev–Trinajstić information content (AvgIpc) is 3.51. The number of carbonyl (C=O) groups is 1. The highest BCUT2D eigenvalue weighted by Gasteiger charge is 2.24. The molecule has 0 bridgehead atoms. The fourth-order valence-electron chi connectivity index (χ4n) is 4.41. The van der Waals surface area contributed by atoms with Gasteiger partial charge in [-0.25, -0.2) is 4.98 Å². The van der Waals surface area contributed by atoms with Crippen molar-refractivity contribution in [3.8, 4) is 0 Å². The van der Waals surface area contributed by atoms with Crippen LogP contribution in [0.15, 0.2) is 44.5 Å². The lowest BCUT2D eigenvalue weighted by Crippen LogP contribution is -2.32. The SMILES string of the molecule is Cn1c(SCC(=O)N(Cc2ccco2)C2=CCCCC2)nc2sc3c(c2c1=O)CCC3. The molecular formula is C23H25N3O3S2. The summed E-state index contributed by atoms with van der Waals surface area (Å²) in [7, 11) is 1.75. The minimum Gasteiger partial charge on any atom is -0.467 e. The van der Waals surface area contributed by atoms with E-state index in [9.17, 15) is 9.59 Å². The first-order chi connectivity index (χ1) is 15.1. The summed E-state index contributed by atoms with van der Waals surface area (Å²) in [6.07, 6.45) is 11.1. The second-order valence-corrected chi connectivity index (χ2v) is 10.1. The largest absolute Gasteiger partial charge is 0.467 e. The summed E-state index contributed by atoms with van der Waals surface area (Å²) >= 11 is 2.97. The molecule has 0 unspecified atom stereocenters. The van der Waals surface area contributed by atoms with Crippen LogP contribution in [0.4, 0.5) is 0 Å². The van der Waals surface area contributed by atoms with Gasteiger partial charge in [-0.1, -0.05) is 17.8 Å². The normalized spacial score (nSPS) is 15.8. The minimum absolute atomic E-state index is 0.00165. The number of fused-ring (bicyclic) bond motifs is 3. The fourth-order valence-corrected chi connectivity index (χ4v) is 6.56. The molecule has 0 spiro atoms. The van der Waals surface area contributed by atoms with Crippen LogP contribution in [-0.2, 0) is 31.2 Å². The van der Waals surface area contributed by atoms with Crippen molar-refractivity contribution in [2.24, 2.45) is 7.05 Å². The van der Waals surface area contributed by atoms with Crippen LogP contribution in [0.25, 0.3) is 10.2 Å². The van der Waals surface area contributed by atoms with Gasteiger partial charge in [-0.15, -0.1) is 11.3 Å². The van der Waals surface area contributed by atoms with Crippen LogP contribution in [0.3, 0.4) is 0 Å². The smallest absolute Gasteiger partial charge is 0.262 e. The maximum absolute atomic E-state index is 13.2. The summed E-state index contributed by atoms with van der Waals surface area (Å²) in [4.78, 5) is 34.9. The molecule has 3 aromatic heterocycles. The first kappa shape index (κ1) is 20.6. The van der Waals surface area contributed by atoms with Gasteiger partial charge in [-0.05, 0) is 62.6 Å². The maximum Gasteiger partial charge on any atom is 0.262 e. The van der Waals surface area contributed by atoms with E-state index >= 15 is 0 Å². The quantitative estimate of drug-likeness (QED) is 0.400. The van der Waals surface area contributed by atoms with E-state index in [0.717, 1.165) is 66.6 Å². The third kappa shape index (κ3) is 3.99. The predicted octanol–water partition coefficient (Wildman–Crippen LogP) is 4.66. The average molecular weight is 456 g/mol. The molecule has 5 rings (SSSR count). The molecule has 8 heteroatoms. The molecule has 0 N–H and O–H groups in total. The molecule has 6 nitrogen and oxygen atoms in total. The summed E-state index contributed by atoms with van der Waals surface area (Å²) in [5.41, 5.74) is 2.26. The van der Waals surface area contributed by atoms with Crippen molar-refractivity contribution in [2.75, 3.05) is 5.75 Å². The standard InChI is InChI=1S/C23H25N3O3S2/c1-25-22(28)20-17-10-5-11-18(17)31-21(20)24-23(25)30-14-19(27)26(13-16-9-6-12-29-16)15-7-3-2-4-8-15/h6-7,9,12H,2-5,8,10-11,13-14H2,1H3. The Hall–Kier alpha value is -2.32. The molecule has 0 atom stereocenters. The van der Waals surface area contributed by atoms with Crippen LogP contribution in [0.1, 0.15) is 48.3 Å². The van der Waals surface area contributed by atoms with E-state index in [4.69, 9.17) is 9.40 Å². The molecule has 31 heavy (non-hydrogen) atoms. The van der Waals surface area contributed by atoms with E-state index in [-0.39, 0.29) is 17.2 Å². The molecule has 0 aromatic carbocycles. The van der Waals surface area contributed by atoms with Crippen LogP contribution in [0.2, 0.25) is 0 Å². The van der Waals surface area contributed by atoms with E-state index in [1.165, 1.54) is 22.2 Å². The van der Waals surface area contributed by atoms with Crippen LogP contribution in [0.5, 0.6) is 0 Å². The Morgan fingerprint density at radius 3 is 2.97 bits per heavy atom. The number of carbonyl (C=O) groups excluding carboxylic acids is 1. The Morgan fingerprint density at radius 2 is 2.19 bits per heavy atom. The number of hydrogen-bond acceptors (Lipinski definition) is 6. The first-order valence-corrected chi connectivity index (χ1v) is 12.6. The highest BCUT2D eigenvalue weighted by Crippen LogP contribution is 2.35. The van der Waals surface area contributed by atoms with Crippen molar-refractivity contribution < 1.29 is 9.21 Å². The third-order valence-electron chi connectivity index (χ3n) is 6.04. The summed E-state index contributed by atoms with van der Waals surface area (Å²) in [5.74, 6) is 1.01. The second-order valence-electron chi connectivity index (χ2n) is 8.09. The summed E-state index contributed by atoms with van der Waals surface area (Å²) in [5, 5.41) is 1.38. The maximum atomic E-state index is 13.2. The lowest BCUT2D eigenvalue weighted by Gasteiger charge is -2.27. The Morgan fingerprint density at radius 1 is 1.29 bits per heavy atom. The van der Waals surface area contributed by atoms with Crippen molar-refractivity contribution in [3.63, 3.8) is 0 Å². The number of amides is 1. The number of furan rings is 1. The molecule has 0 saturated carbocycles. The van der Waals surface area contributed by atoms with E-state index in [1.807, 2.05) is 17.0 Å². The number of aryl methyl sites for hydroxylation is 2. The number of rotatable bonds is 6. The first-order valence-electron chi connectivity index (χ1n) is 10.8. The molecule has 1 amide bonds. The molecular weight excluding hydrogens is 430 g/mol. The number of allylic oxidation sites excluding steroid dienone is 2. The van der Waals surface area contributed by atoms with Gasteiger partial charge in [0.2, 0.25) is 5.91 Å². The van der Waals surface area contributed by atoms with Gasteiger partial charge < -0.3 is 9.32 Å². The number of thiophene rings is 1. The predicted molar refractivity (Wildman–Crippen MR) is 123 cm³/mol. The van der Waals surface area contributed by atoms with Crippen LogP contribution in [-0.4, -0.2) is 26.1 Å². The van der Waals surface area contributed by atoms with Crippen molar-refractivity contribution in [1.29, 1.82) is 0 Å². The van der Waals surface area contributed by atoms with Crippen LogP contribution < -0.4 is 5.56 Å². The van der Waals surface area contributed by atoms with Gasteiger partial charge in [-0.2, -0.15) is 0 Å². The molecule has 0 fully saturated rings. The van der Waals surface area contributed by atoms with Gasteiger partial charge in [0.25, 0.3) is 5.56 Å².